The van der Waals surface area contributed by atoms with Crippen LogP contribution in [0, 0.1) is 0 Å². The van der Waals surface area contributed by atoms with Gasteiger partial charge in [-0.3, -0.25) is 0 Å². The SMILES string of the molecule is CCCCCCNc1nc(N2CCCCCCC2)nc(N2CCCCCCC2)n1. The Hall–Kier alpha value is -1.59. The molecule has 6 heteroatoms. The van der Waals surface area contributed by atoms with Crippen molar-refractivity contribution >= 4 is 17.8 Å². The van der Waals surface area contributed by atoms with Gasteiger partial charge in [-0.25, -0.2) is 0 Å². The van der Waals surface area contributed by atoms with Crippen LogP contribution in [0.3, 0.4) is 0 Å². The quantitative estimate of drug-likeness (QED) is 0.587. The zero-order valence-electron chi connectivity index (χ0n) is 18.7. The Balaban J connectivity index is 1.74. The zero-order valence-corrected chi connectivity index (χ0v) is 18.7. The standard InChI is InChI=1S/C23H42N6/c1-2-3-4-11-16-24-21-25-22(28-17-12-7-5-8-13-18-28)27-23(26-21)29-19-14-9-6-10-15-20-29/h2-20H2,1H3,(H,24,25,26,27). The van der Waals surface area contributed by atoms with Gasteiger partial charge in [-0.1, -0.05) is 64.7 Å². The Bertz CT molecular complexity index is 522. The van der Waals surface area contributed by atoms with Crippen LogP contribution in [0.15, 0.2) is 0 Å². The van der Waals surface area contributed by atoms with Gasteiger partial charge in [0.05, 0.1) is 0 Å². The third-order valence-corrected chi connectivity index (χ3v) is 6.20. The number of aromatic nitrogens is 3. The molecule has 0 aromatic carbocycles. The molecule has 0 aliphatic carbocycles. The van der Waals surface area contributed by atoms with Gasteiger partial charge in [-0.05, 0) is 32.1 Å². The summed E-state index contributed by atoms with van der Waals surface area (Å²) in [6.45, 7) is 7.48. The van der Waals surface area contributed by atoms with E-state index in [1.807, 2.05) is 0 Å². The predicted molar refractivity (Wildman–Crippen MR) is 123 cm³/mol. The van der Waals surface area contributed by atoms with Gasteiger partial charge in [0.15, 0.2) is 0 Å². The first-order valence-corrected chi connectivity index (χ1v) is 12.4. The average molecular weight is 403 g/mol. The highest BCUT2D eigenvalue weighted by molar-refractivity contribution is 5.45. The van der Waals surface area contributed by atoms with Gasteiger partial charge >= 0.3 is 0 Å². The maximum Gasteiger partial charge on any atom is 0.231 e. The minimum absolute atomic E-state index is 0.769. The molecule has 1 aromatic rings. The van der Waals surface area contributed by atoms with E-state index in [2.05, 4.69) is 22.0 Å². The maximum absolute atomic E-state index is 4.97. The molecule has 1 aromatic heterocycles. The predicted octanol–water partition coefficient (Wildman–Crippen LogP) is 5.40. The fourth-order valence-corrected chi connectivity index (χ4v) is 4.36. The van der Waals surface area contributed by atoms with Crippen LogP contribution in [0.25, 0.3) is 0 Å². The fraction of sp³-hybridized carbons (Fsp3) is 0.870. The molecule has 2 aliphatic rings. The van der Waals surface area contributed by atoms with E-state index in [0.717, 1.165) is 50.6 Å². The van der Waals surface area contributed by atoms with E-state index in [4.69, 9.17) is 15.0 Å². The molecule has 0 amide bonds. The molecule has 0 unspecified atom stereocenters. The molecule has 0 spiro atoms. The van der Waals surface area contributed by atoms with E-state index in [0.29, 0.717) is 0 Å². The summed E-state index contributed by atoms with van der Waals surface area (Å²) in [6.07, 6.45) is 18.0. The minimum atomic E-state index is 0.769. The molecule has 3 heterocycles. The van der Waals surface area contributed by atoms with Crippen molar-refractivity contribution in [1.82, 2.24) is 15.0 Å². The normalized spacial score (nSPS) is 19.2. The Labute approximate surface area is 177 Å². The lowest BCUT2D eigenvalue weighted by molar-refractivity contribution is 0.542. The third-order valence-electron chi connectivity index (χ3n) is 6.20. The number of nitrogens with zero attached hydrogens (tertiary/aromatic N) is 5. The molecule has 0 atom stereocenters. The monoisotopic (exact) mass is 402 g/mol. The molecule has 164 valence electrons. The van der Waals surface area contributed by atoms with Gasteiger partial charge < -0.3 is 15.1 Å². The maximum atomic E-state index is 4.97. The molecule has 2 aliphatic heterocycles. The highest BCUT2D eigenvalue weighted by Gasteiger charge is 2.18. The summed E-state index contributed by atoms with van der Waals surface area (Å²) < 4.78 is 0. The van der Waals surface area contributed by atoms with E-state index in [1.54, 1.807) is 0 Å². The molecule has 0 bridgehead atoms. The number of anilines is 3. The second kappa shape index (κ2) is 12.9. The molecule has 29 heavy (non-hydrogen) atoms. The highest BCUT2D eigenvalue weighted by Crippen LogP contribution is 2.22. The van der Waals surface area contributed by atoms with Crippen LogP contribution < -0.4 is 15.1 Å². The van der Waals surface area contributed by atoms with Crippen LogP contribution >= 0.6 is 0 Å². The van der Waals surface area contributed by atoms with Crippen molar-refractivity contribution in [2.45, 2.75) is 96.8 Å². The fourth-order valence-electron chi connectivity index (χ4n) is 4.36. The second-order valence-electron chi connectivity index (χ2n) is 8.76. The summed E-state index contributed by atoms with van der Waals surface area (Å²) in [4.78, 5) is 19.5. The van der Waals surface area contributed by atoms with Gasteiger partial charge in [0.1, 0.15) is 0 Å². The summed E-state index contributed by atoms with van der Waals surface area (Å²) >= 11 is 0. The van der Waals surface area contributed by atoms with Gasteiger partial charge in [-0.15, -0.1) is 0 Å². The lowest BCUT2D eigenvalue weighted by atomic mass is 10.1. The molecule has 2 fully saturated rings. The Morgan fingerprint density at radius 1 is 0.621 bits per heavy atom. The van der Waals surface area contributed by atoms with Crippen molar-refractivity contribution in [1.29, 1.82) is 0 Å². The molecular weight excluding hydrogens is 360 g/mol. The summed E-state index contributed by atoms with van der Waals surface area (Å²) in [6, 6.07) is 0. The number of unbranched alkanes of at least 4 members (excludes halogenated alkanes) is 3. The number of nitrogens with one attached hydrogen (secondary N) is 1. The van der Waals surface area contributed by atoms with Crippen LogP contribution in [-0.4, -0.2) is 47.7 Å². The van der Waals surface area contributed by atoms with Crippen molar-refractivity contribution in [3.63, 3.8) is 0 Å². The molecule has 3 rings (SSSR count). The van der Waals surface area contributed by atoms with Gasteiger partial charge in [0.25, 0.3) is 0 Å². The van der Waals surface area contributed by atoms with Crippen molar-refractivity contribution in [2.75, 3.05) is 47.8 Å². The van der Waals surface area contributed by atoms with Crippen molar-refractivity contribution < 1.29 is 0 Å². The third kappa shape index (κ3) is 7.63. The molecule has 0 radical (unpaired) electrons. The van der Waals surface area contributed by atoms with Gasteiger partial charge in [0.2, 0.25) is 17.8 Å². The zero-order chi connectivity index (χ0) is 20.2. The number of hydrogen-bond donors (Lipinski definition) is 1. The van der Waals surface area contributed by atoms with Crippen molar-refractivity contribution in [3.05, 3.63) is 0 Å². The van der Waals surface area contributed by atoms with Crippen molar-refractivity contribution in [3.8, 4) is 0 Å². The van der Waals surface area contributed by atoms with Crippen LogP contribution in [-0.2, 0) is 0 Å². The highest BCUT2D eigenvalue weighted by atomic mass is 15.4. The van der Waals surface area contributed by atoms with Gasteiger partial charge in [0, 0.05) is 32.7 Å². The number of rotatable bonds is 8. The average Bonchev–Trinajstić information content (AvgIpc) is 2.67. The Kier molecular flexibility index (Phi) is 9.80. The first-order chi connectivity index (χ1) is 14.4. The van der Waals surface area contributed by atoms with E-state index in [1.165, 1.54) is 89.9 Å². The first kappa shape index (κ1) is 22.1. The topological polar surface area (TPSA) is 57.2 Å². The van der Waals surface area contributed by atoms with E-state index < -0.39 is 0 Å². The Morgan fingerprint density at radius 3 is 1.59 bits per heavy atom. The number of hydrogen-bond acceptors (Lipinski definition) is 6. The van der Waals surface area contributed by atoms with Crippen molar-refractivity contribution in [2.24, 2.45) is 0 Å². The molecule has 6 nitrogen and oxygen atoms in total. The minimum Gasteiger partial charge on any atom is -0.354 e. The van der Waals surface area contributed by atoms with Crippen LogP contribution in [0.4, 0.5) is 17.8 Å². The molecular formula is C23H42N6. The summed E-state index contributed by atoms with van der Waals surface area (Å²) in [5.41, 5.74) is 0. The van der Waals surface area contributed by atoms with E-state index in [9.17, 15) is 0 Å². The molecule has 0 saturated carbocycles. The summed E-state index contributed by atoms with van der Waals surface area (Å²) in [5, 5.41) is 3.50. The molecule has 1 N–H and O–H groups in total. The Morgan fingerprint density at radius 2 is 1.10 bits per heavy atom. The van der Waals surface area contributed by atoms with Crippen LogP contribution in [0.2, 0.25) is 0 Å². The summed E-state index contributed by atoms with van der Waals surface area (Å²) in [7, 11) is 0. The smallest absolute Gasteiger partial charge is 0.231 e. The lowest BCUT2D eigenvalue weighted by Gasteiger charge is -2.28. The van der Waals surface area contributed by atoms with Crippen LogP contribution in [0.5, 0.6) is 0 Å². The van der Waals surface area contributed by atoms with E-state index in [-0.39, 0.29) is 0 Å². The largest absolute Gasteiger partial charge is 0.354 e. The first-order valence-electron chi connectivity index (χ1n) is 12.4. The lowest BCUT2D eigenvalue weighted by Crippen LogP contribution is -2.32. The van der Waals surface area contributed by atoms with Crippen LogP contribution in [0.1, 0.15) is 96.8 Å². The van der Waals surface area contributed by atoms with Gasteiger partial charge in [-0.2, -0.15) is 15.0 Å². The summed E-state index contributed by atoms with van der Waals surface area (Å²) in [5.74, 6) is 2.54. The molecule has 2 saturated heterocycles. The van der Waals surface area contributed by atoms with E-state index >= 15 is 0 Å². The second-order valence-corrected chi connectivity index (χ2v) is 8.76.